The lowest BCUT2D eigenvalue weighted by Gasteiger charge is -2.10. The smallest absolute Gasteiger partial charge is 0.300 e. The van der Waals surface area contributed by atoms with Crippen LogP contribution in [0.25, 0.3) is 11.0 Å². The molecule has 0 unspecified atom stereocenters. The lowest BCUT2D eigenvalue weighted by molar-refractivity contribution is 0.0956. The second-order valence-electron chi connectivity index (χ2n) is 4.49. The number of amides is 1. The zero-order valence-electron chi connectivity index (χ0n) is 11.0. The van der Waals surface area contributed by atoms with E-state index in [1.165, 1.54) is 31.2 Å². The Morgan fingerprint density at radius 3 is 2.75 bits per heavy atom. The van der Waals surface area contributed by atoms with E-state index >= 15 is 0 Å². The summed E-state index contributed by atoms with van der Waals surface area (Å²) in [5, 5.41) is -0.288. The molecule has 5 nitrogen and oxygen atoms in total. The number of hydrogen-bond donors (Lipinski definition) is 1. The molecule has 0 spiro atoms. The number of carbonyl (C=O) groups is 1. The lowest BCUT2D eigenvalue weighted by atomic mass is 10.2. The molecule has 0 aliphatic carbocycles. The van der Waals surface area contributed by atoms with Crippen LogP contribution in [0.5, 0.6) is 0 Å². The molecule has 0 saturated heterocycles. The van der Waals surface area contributed by atoms with Crippen molar-refractivity contribution in [1.29, 1.82) is 0 Å². The van der Waals surface area contributed by atoms with E-state index in [0.717, 1.165) is 0 Å². The van der Waals surface area contributed by atoms with Crippen LogP contribution in [0.2, 0.25) is 0 Å². The van der Waals surface area contributed by atoms with E-state index in [0.29, 0.717) is 17.4 Å². The van der Waals surface area contributed by atoms with Crippen molar-refractivity contribution in [2.45, 2.75) is 25.5 Å². The first-order valence-electron chi connectivity index (χ1n) is 6.08. The van der Waals surface area contributed by atoms with Gasteiger partial charge >= 0.3 is 0 Å². The Labute approximate surface area is 115 Å². The van der Waals surface area contributed by atoms with Gasteiger partial charge in [0.2, 0.25) is 10.0 Å². The number of hydrogen-bond acceptors (Lipinski definition) is 4. The van der Waals surface area contributed by atoms with Crippen molar-refractivity contribution in [1.82, 2.24) is 4.72 Å². The first-order chi connectivity index (χ1) is 9.33. The number of carbonyl (C=O) groups excluding carboxylic acids is 1. The molecule has 0 aliphatic rings. The van der Waals surface area contributed by atoms with Crippen molar-refractivity contribution in [2.75, 3.05) is 0 Å². The van der Waals surface area contributed by atoms with Crippen molar-refractivity contribution in [3.05, 3.63) is 35.8 Å². The number of fused-ring (bicyclic) bond motifs is 1. The first-order valence-corrected chi connectivity index (χ1v) is 7.63. The van der Waals surface area contributed by atoms with Gasteiger partial charge in [0.15, 0.2) is 5.76 Å². The maximum atomic E-state index is 13.0. The van der Waals surface area contributed by atoms with E-state index < -0.39 is 27.0 Å². The molecular weight excluding hydrogens is 285 g/mol. The summed E-state index contributed by atoms with van der Waals surface area (Å²) in [6, 6.07) is 5.09. The number of nitrogens with one attached hydrogen (secondary N) is 1. The predicted molar refractivity (Wildman–Crippen MR) is 72.3 cm³/mol. The predicted octanol–water partition coefficient (Wildman–Crippen LogP) is 2.43. The van der Waals surface area contributed by atoms with Crippen molar-refractivity contribution in [3.63, 3.8) is 0 Å². The van der Waals surface area contributed by atoms with E-state index in [1.54, 1.807) is 6.92 Å². The SMILES string of the molecule is CC[C@@H](C)S(=O)(=O)NC(=O)c1cc2cc(F)ccc2o1. The molecule has 1 aromatic carbocycles. The van der Waals surface area contributed by atoms with Crippen LogP contribution in [0.15, 0.2) is 28.7 Å². The summed E-state index contributed by atoms with van der Waals surface area (Å²) in [6.45, 7) is 3.21. The summed E-state index contributed by atoms with van der Waals surface area (Å²) in [5.74, 6) is -1.49. The Kier molecular flexibility index (Phi) is 3.80. The molecular formula is C13H14FNO4S. The Balaban J connectivity index is 2.28. The van der Waals surface area contributed by atoms with Crippen LogP contribution in [0.3, 0.4) is 0 Å². The van der Waals surface area contributed by atoms with Gasteiger partial charge in [0, 0.05) is 5.39 Å². The Morgan fingerprint density at radius 2 is 2.10 bits per heavy atom. The molecule has 0 radical (unpaired) electrons. The summed E-state index contributed by atoms with van der Waals surface area (Å²) in [4.78, 5) is 11.9. The van der Waals surface area contributed by atoms with Gasteiger partial charge in [-0.1, -0.05) is 6.92 Å². The summed E-state index contributed by atoms with van der Waals surface area (Å²) < 4.78 is 43.7. The normalized spacial score (nSPS) is 13.3. The van der Waals surface area contributed by atoms with Gasteiger partial charge in [-0.15, -0.1) is 0 Å². The molecule has 108 valence electrons. The van der Waals surface area contributed by atoms with Gasteiger partial charge in [-0.2, -0.15) is 0 Å². The largest absolute Gasteiger partial charge is 0.451 e. The first kappa shape index (κ1) is 14.5. The second kappa shape index (κ2) is 5.24. The van der Waals surface area contributed by atoms with Gasteiger partial charge in [-0.3, -0.25) is 4.79 Å². The summed E-state index contributed by atoms with van der Waals surface area (Å²) >= 11 is 0. The third-order valence-corrected chi connectivity index (χ3v) is 4.90. The van der Waals surface area contributed by atoms with E-state index in [4.69, 9.17) is 4.42 Å². The van der Waals surface area contributed by atoms with Gasteiger partial charge in [0.1, 0.15) is 11.4 Å². The molecule has 0 aliphatic heterocycles. The molecule has 0 saturated carbocycles. The second-order valence-corrected chi connectivity index (χ2v) is 6.59. The van der Waals surface area contributed by atoms with E-state index in [9.17, 15) is 17.6 Å². The van der Waals surface area contributed by atoms with Gasteiger partial charge in [-0.25, -0.2) is 17.5 Å². The van der Waals surface area contributed by atoms with E-state index in [2.05, 4.69) is 0 Å². The highest BCUT2D eigenvalue weighted by Crippen LogP contribution is 2.20. The van der Waals surface area contributed by atoms with Crippen LogP contribution in [0.4, 0.5) is 4.39 Å². The average Bonchev–Trinajstić information content (AvgIpc) is 2.80. The number of furan rings is 1. The van der Waals surface area contributed by atoms with Gasteiger partial charge in [-0.05, 0) is 37.6 Å². The standard InChI is InChI=1S/C13H14FNO4S/c1-3-8(2)20(17,18)15-13(16)12-7-9-6-10(14)4-5-11(9)19-12/h4-8H,3H2,1-2H3,(H,15,16)/t8-/m1/s1. The minimum atomic E-state index is -3.74. The molecule has 7 heteroatoms. The molecule has 1 N–H and O–H groups in total. The number of rotatable bonds is 4. The van der Waals surface area contributed by atoms with Crippen LogP contribution >= 0.6 is 0 Å². The molecule has 1 amide bonds. The van der Waals surface area contributed by atoms with Gasteiger partial charge in [0.05, 0.1) is 5.25 Å². The average molecular weight is 299 g/mol. The lowest BCUT2D eigenvalue weighted by Crippen LogP contribution is -2.36. The molecule has 20 heavy (non-hydrogen) atoms. The number of sulfonamides is 1. The fourth-order valence-corrected chi connectivity index (χ4v) is 2.62. The monoisotopic (exact) mass is 299 g/mol. The number of halogens is 1. The molecule has 2 aromatic rings. The summed E-state index contributed by atoms with van der Waals surface area (Å²) in [7, 11) is -3.74. The molecule has 0 bridgehead atoms. The van der Waals surface area contributed by atoms with Crippen LogP contribution in [-0.2, 0) is 10.0 Å². The maximum Gasteiger partial charge on any atom is 0.300 e. The highest BCUT2D eigenvalue weighted by molar-refractivity contribution is 7.90. The zero-order chi connectivity index (χ0) is 14.9. The minimum absolute atomic E-state index is 0.169. The molecule has 1 heterocycles. The van der Waals surface area contributed by atoms with Crippen molar-refractivity contribution in [2.24, 2.45) is 0 Å². The van der Waals surface area contributed by atoms with Crippen LogP contribution in [-0.4, -0.2) is 19.6 Å². The zero-order valence-corrected chi connectivity index (χ0v) is 11.8. The fourth-order valence-electron chi connectivity index (χ4n) is 1.63. The van der Waals surface area contributed by atoms with E-state index in [1.807, 2.05) is 4.72 Å². The van der Waals surface area contributed by atoms with Gasteiger partial charge in [0.25, 0.3) is 5.91 Å². The third-order valence-electron chi connectivity index (χ3n) is 3.04. The number of benzene rings is 1. The molecule has 1 aromatic heterocycles. The summed E-state index contributed by atoms with van der Waals surface area (Å²) in [5.41, 5.74) is 0.317. The Hall–Kier alpha value is -1.89. The minimum Gasteiger partial charge on any atom is -0.451 e. The molecule has 0 fully saturated rings. The van der Waals surface area contributed by atoms with Crippen LogP contribution in [0, 0.1) is 5.82 Å². The van der Waals surface area contributed by atoms with Crippen molar-refractivity contribution in [3.8, 4) is 0 Å². The quantitative estimate of drug-likeness (QED) is 0.940. The van der Waals surface area contributed by atoms with Gasteiger partial charge < -0.3 is 4.42 Å². The highest BCUT2D eigenvalue weighted by Gasteiger charge is 2.24. The van der Waals surface area contributed by atoms with Crippen LogP contribution < -0.4 is 4.72 Å². The topological polar surface area (TPSA) is 76.4 Å². The van der Waals surface area contributed by atoms with E-state index in [-0.39, 0.29) is 5.76 Å². The fraction of sp³-hybridized carbons (Fsp3) is 0.308. The molecule has 2 rings (SSSR count). The maximum absolute atomic E-state index is 13.0. The van der Waals surface area contributed by atoms with Crippen molar-refractivity contribution >= 4 is 26.9 Å². The Morgan fingerprint density at radius 1 is 1.40 bits per heavy atom. The van der Waals surface area contributed by atoms with Crippen LogP contribution in [0.1, 0.15) is 30.8 Å². The Bertz CT molecular complexity index is 751. The summed E-state index contributed by atoms with van der Waals surface area (Å²) in [6.07, 6.45) is 0.383. The van der Waals surface area contributed by atoms with Crippen molar-refractivity contribution < 1.29 is 22.0 Å². The third kappa shape index (κ3) is 2.82. The molecule has 1 atom stereocenters. The highest BCUT2D eigenvalue weighted by atomic mass is 32.2.